The van der Waals surface area contributed by atoms with E-state index in [1.54, 1.807) is 13.0 Å². The Balaban J connectivity index is 0.000000522. The average molecular weight is 382 g/mol. The summed E-state index contributed by atoms with van der Waals surface area (Å²) in [5.74, 6) is -0.274. The molecule has 0 saturated carbocycles. The number of nitrogens with one attached hydrogen (secondary N) is 2. The normalized spacial score (nSPS) is 21.9. The number of halogens is 1. The third-order valence-corrected chi connectivity index (χ3v) is 3.75. The fourth-order valence-corrected chi connectivity index (χ4v) is 2.16. The van der Waals surface area contributed by atoms with Gasteiger partial charge in [-0.05, 0) is 45.2 Å². The van der Waals surface area contributed by atoms with E-state index < -0.39 is 6.04 Å². The average Bonchev–Trinajstić information content (AvgIpc) is 2.63. The summed E-state index contributed by atoms with van der Waals surface area (Å²) >= 11 is 5.61. The maximum atomic E-state index is 11.6. The Morgan fingerprint density at radius 3 is 2.31 bits per heavy atom. The van der Waals surface area contributed by atoms with E-state index >= 15 is 0 Å². The van der Waals surface area contributed by atoms with Crippen LogP contribution in [0.1, 0.15) is 45.6 Å². The van der Waals surface area contributed by atoms with Crippen LogP contribution in [0.5, 0.6) is 0 Å². The Labute approximate surface area is 162 Å². The lowest BCUT2D eigenvalue weighted by atomic mass is 10.1. The van der Waals surface area contributed by atoms with Gasteiger partial charge in [0.15, 0.2) is 0 Å². The molecule has 2 rings (SSSR count). The predicted molar refractivity (Wildman–Crippen MR) is 109 cm³/mol. The van der Waals surface area contributed by atoms with Crippen molar-refractivity contribution in [2.24, 2.45) is 5.73 Å². The highest BCUT2D eigenvalue weighted by atomic mass is 35.5. The van der Waals surface area contributed by atoms with E-state index in [-0.39, 0.29) is 17.9 Å². The molecule has 4 N–H and O–H groups in total. The maximum absolute atomic E-state index is 11.6. The summed E-state index contributed by atoms with van der Waals surface area (Å²) in [5, 5.41) is 6.31. The first kappa shape index (κ1) is 24.1. The van der Waals surface area contributed by atoms with E-state index in [0.717, 1.165) is 17.9 Å². The minimum absolute atomic E-state index is 0.119. The molecule has 1 aliphatic rings. The topological polar surface area (TPSA) is 84.2 Å². The van der Waals surface area contributed by atoms with E-state index in [1.807, 2.05) is 45.0 Å². The fraction of sp³-hybridized carbons (Fsp3) is 0.500. The fourth-order valence-electron chi connectivity index (χ4n) is 2.04. The molecule has 0 aromatic heterocycles. The van der Waals surface area contributed by atoms with Crippen LogP contribution in [0.15, 0.2) is 36.4 Å². The van der Waals surface area contributed by atoms with Crippen molar-refractivity contribution in [3.63, 3.8) is 0 Å². The van der Waals surface area contributed by atoms with Crippen molar-refractivity contribution in [1.82, 2.24) is 10.6 Å². The molecule has 0 bridgehead atoms. The molecule has 146 valence electrons. The van der Waals surface area contributed by atoms with E-state index in [2.05, 4.69) is 10.6 Å². The van der Waals surface area contributed by atoms with Gasteiger partial charge in [0.1, 0.15) is 0 Å². The SMILES string of the molecule is CC.CC1/C=C/C(=O)NCCCC[C@H](N)C(=O)N1.Cc1ccc(Cl)cc1. The first-order valence-electron chi connectivity index (χ1n) is 9.12. The predicted octanol–water partition coefficient (Wildman–Crippen LogP) is 3.35. The Bertz CT molecular complexity index is 538. The number of nitrogens with two attached hydrogens (primary N) is 1. The van der Waals surface area contributed by atoms with Gasteiger partial charge in [-0.3, -0.25) is 9.59 Å². The van der Waals surface area contributed by atoms with E-state index in [1.165, 1.54) is 11.6 Å². The van der Waals surface area contributed by atoms with Gasteiger partial charge in [0.2, 0.25) is 11.8 Å². The van der Waals surface area contributed by atoms with Crippen molar-refractivity contribution in [2.75, 3.05) is 6.54 Å². The monoisotopic (exact) mass is 381 g/mol. The van der Waals surface area contributed by atoms with Crippen LogP contribution in [0.3, 0.4) is 0 Å². The Morgan fingerprint density at radius 2 is 1.73 bits per heavy atom. The number of benzene rings is 1. The molecule has 1 heterocycles. The van der Waals surface area contributed by atoms with E-state index in [4.69, 9.17) is 17.3 Å². The summed E-state index contributed by atoms with van der Waals surface area (Å²) in [6, 6.07) is 7.12. The van der Waals surface area contributed by atoms with Crippen LogP contribution in [-0.4, -0.2) is 30.4 Å². The standard InChI is InChI=1S/C11H19N3O2.C7H7Cl.C2H6/c1-8-5-6-10(15)13-7-3-2-4-9(12)11(16)14-8;1-6-2-4-7(8)5-3-6;1-2/h5-6,8-9H,2-4,7,12H2,1H3,(H,13,15)(H,14,16);2-5H,1H3;1-2H3/b6-5+;;/t8?,9-;;/m0../s1. The molecule has 5 nitrogen and oxygen atoms in total. The summed E-state index contributed by atoms with van der Waals surface area (Å²) in [4.78, 5) is 22.8. The molecule has 0 spiro atoms. The summed E-state index contributed by atoms with van der Waals surface area (Å²) in [7, 11) is 0. The minimum atomic E-state index is -0.453. The van der Waals surface area contributed by atoms with Crippen LogP contribution in [0.25, 0.3) is 0 Å². The van der Waals surface area contributed by atoms with Crippen molar-refractivity contribution in [1.29, 1.82) is 0 Å². The number of hydrogen-bond donors (Lipinski definition) is 3. The minimum Gasteiger partial charge on any atom is -0.353 e. The number of amides is 2. The van der Waals surface area contributed by atoms with Crippen LogP contribution >= 0.6 is 11.6 Å². The molecule has 1 aliphatic heterocycles. The molecule has 2 atom stereocenters. The van der Waals surface area contributed by atoms with Gasteiger partial charge in [-0.25, -0.2) is 0 Å². The number of aryl methyl sites for hydroxylation is 1. The molecule has 2 amide bonds. The van der Waals surface area contributed by atoms with Crippen LogP contribution in [0, 0.1) is 6.92 Å². The Hall–Kier alpha value is -1.85. The van der Waals surface area contributed by atoms with Gasteiger partial charge >= 0.3 is 0 Å². The summed E-state index contributed by atoms with van der Waals surface area (Å²) in [6.07, 6.45) is 5.43. The number of rotatable bonds is 0. The molecule has 26 heavy (non-hydrogen) atoms. The molecule has 0 saturated heterocycles. The van der Waals surface area contributed by atoms with Gasteiger partial charge in [0, 0.05) is 23.7 Å². The second-order valence-corrected chi connectivity index (χ2v) is 6.28. The molecule has 6 heteroatoms. The quantitative estimate of drug-likeness (QED) is 0.644. The number of carbonyl (C=O) groups excluding carboxylic acids is 2. The lowest BCUT2D eigenvalue weighted by Gasteiger charge is -2.16. The highest BCUT2D eigenvalue weighted by Gasteiger charge is 2.14. The summed E-state index contributed by atoms with van der Waals surface area (Å²) in [5.41, 5.74) is 6.97. The molecule has 1 aromatic rings. The van der Waals surface area contributed by atoms with Gasteiger partial charge in [0.05, 0.1) is 6.04 Å². The molecular formula is C20H32ClN3O2. The smallest absolute Gasteiger partial charge is 0.243 e. The van der Waals surface area contributed by atoms with Gasteiger partial charge in [-0.2, -0.15) is 0 Å². The van der Waals surface area contributed by atoms with Crippen molar-refractivity contribution in [3.8, 4) is 0 Å². The lowest BCUT2D eigenvalue weighted by Crippen LogP contribution is -2.44. The molecule has 0 fully saturated rings. The van der Waals surface area contributed by atoms with Crippen LogP contribution in [0.4, 0.5) is 0 Å². The number of hydrogen-bond acceptors (Lipinski definition) is 3. The largest absolute Gasteiger partial charge is 0.353 e. The van der Waals surface area contributed by atoms with Crippen molar-refractivity contribution in [3.05, 3.63) is 47.0 Å². The second-order valence-electron chi connectivity index (χ2n) is 5.85. The molecule has 0 radical (unpaired) electrons. The Kier molecular flexibility index (Phi) is 13.3. The van der Waals surface area contributed by atoms with Crippen molar-refractivity contribution >= 4 is 23.4 Å². The first-order valence-corrected chi connectivity index (χ1v) is 9.50. The third-order valence-electron chi connectivity index (χ3n) is 3.49. The summed E-state index contributed by atoms with van der Waals surface area (Å²) < 4.78 is 0. The Morgan fingerprint density at radius 1 is 1.12 bits per heavy atom. The van der Waals surface area contributed by atoms with Crippen LogP contribution < -0.4 is 16.4 Å². The highest BCUT2D eigenvalue weighted by Crippen LogP contribution is 2.07. The maximum Gasteiger partial charge on any atom is 0.243 e. The zero-order chi connectivity index (χ0) is 19.9. The zero-order valence-corrected chi connectivity index (χ0v) is 17.0. The molecule has 1 unspecified atom stereocenters. The zero-order valence-electron chi connectivity index (χ0n) is 16.2. The van der Waals surface area contributed by atoms with Crippen LogP contribution in [-0.2, 0) is 9.59 Å². The van der Waals surface area contributed by atoms with Crippen molar-refractivity contribution in [2.45, 2.75) is 59.0 Å². The van der Waals surface area contributed by atoms with E-state index in [0.29, 0.717) is 13.0 Å². The van der Waals surface area contributed by atoms with Crippen LogP contribution in [0.2, 0.25) is 5.02 Å². The molecular weight excluding hydrogens is 350 g/mol. The number of carbonyl (C=O) groups is 2. The van der Waals surface area contributed by atoms with E-state index in [9.17, 15) is 9.59 Å². The first-order chi connectivity index (χ1) is 12.4. The third kappa shape index (κ3) is 11.7. The lowest BCUT2D eigenvalue weighted by molar-refractivity contribution is -0.123. The van der Waals surface area contributed by atoms with Gasteiger partial charge in [-0.1, -0.05) is 49.2 Å². The summed E-state index contributed by atoms with van der Waals surface area (Å²) in [6.45, 7) is 8.47. The van der Waals surface area contributed by atoms with Crippen molar-refractivity contribution < 1.29 is 9.59 Å². The molecule has 0 aliphatic carbocycles. The molecule has 1 aromatic carbocycles. The second kappa shape index (κ2) is 14.3. The highest BCUT2D eigenvalue weighted by molar-refractivity contribution is 6.30. The van der Waals surface area contributed by atoms with Gasteiger partial charge in [-0.15, -0.1) is 0 Å². The van der Waals surface area contributed by atoms with Gasteiger partial charge < -0.3 is 16.4 Å². The van der Waals surface area contributed by atoms with Gasteiger partial charge in [0.25, 0.3) is 0 Å².